The predicted molar refractivity (Wildman–Crippen MR) is 74.0 cm³/mol. The lowest BCUT2D eigenvalue weighted by molar-refractivity contribution is 1.30. The van der Waals surface area contributed by atoms with Gasteiger partial charge in [-0.1, -0.05) is 6.07 Å². The van der Waals surface area contributed by atoms with Gasteiger partial charge in [0.2, 0.25) is 0 Å². The molecule has 3 rings (SSSR count). The second-order valence-corrected chi connectivity index (χ2v) is 4.07. The van der Waals surface area contributed by atoms with Gasteiger partial charge in [-0.3, -0.25) is 9.97 Å². The van der Waals surface area contributed by atoms with E-state index in [0.29, 0.717) is 11.3 Å². The van der Waals surface area contributed by atoms with Gasteiger partial charge < -0.3 is 5.32 Å². The van der Waals surface area contributed by atoms with E-state index in [1.807, 2.05) is 30.3 Å². The summed E-state index contributed by atoms with van der Waals surface area (Å²) in [5, 5.41) is 13.3. The van der Waals surface area contributed by atoms with Gasteiger partial charge in [0.25, 0.3) is 0 Å². The fourth-order valence-electron chi connectivity index (χ4n) is 1.90. The lowest BCUT2D eigenvalue weighted by Gasteiger charge is -2.08. The maximum Gasteiger partial charge on any atom is 0.101 e. The summed E-state index contributed by atoms with van der Waals surface area (Å²) in [4.78, 5) is 8.30. The lowest BCUT2D eigenvalue weighted by Crippen LogP contribution is -1.94. The largest absolute Gasteiger partial charge is 0.353 e. The second-order valence-electron chi connectivity index (χ2n) is 4.07. The van der Waals surface area contributed by atoms with Crippen LogP contribution in [-0.2, 0) is 0 Å². The maximum atomic E-state index is 9.04. The highest BCUT2D eigenvalue weighted by Gasteiger charge is 2.02. The van der Waals surface area contributed by atoms with Crippen LogP contribution in [-0.4, -0.2) is 9.97 Å². The summed E-state index contributed by atoms with van der Waals surface area (Å²) in [5.74, 6) is 0. The molecule has 0 unspecified atom stereocenters. The Balaban J connectivity index is 1.99. The van der Waals surface area contributed by atoms with E-state index in [-0.39, 0.29) is 0 Å². The molecule has 0 radical (unpaired) electrons. The fraction of sp³-hybridized carbons (Fsp3) is 0. The van der Waals surface area contributed by atoms with Gasteiger partial charge in [0, 0.05) is 23.5 Å². The van der Waals surface area contributed by atoms with Crippen LogP contribution in [0.15, 0.2) is 55.0 Å². The number of fused-ring (bicyclic) bond motifs is 1. The zero-order chi connectivity index (χ0) is 13.1. The molecule has 0 saturated heterocycles. The highest BCUT2D eigenvalue weighted by atomic mass is 14.9. The normalized spacial score (nSPS) is 10.1. The van der Waals surface area contributed by atoms with Gasteiger partial charge in [0.1, 0.15) is 6.07 Å². The molecule has 0 aliphatic rings. The fourth-order valence-corrected chi connectivity index (χ4v) is 1.90. The Morgan fingerprint density at radius 2 is 2.05 bits per heavy atom. The Labute approximate surface area is 110 Å². The van der Waals surface area contributed by atoms with Crippen LogP contribution in [0.1, 0.15) is 5.56 Å². The Bertz CT molecular complexity index is 774. The third kappa shape index (κ3) is 2.22. The van der Waals surface area contributed by atoms with Crippen molar-refractivity contribution in [3.8, 4) is 6.07 Å². The van der Waals surface area contributed by atoms with Crippen LogP contribution in [0.4, 0.5) is 11.4 Å². The summed E-state index contributed by atoms with van der Waals surface area (Å²) in [6, 6.07) is 13.6. The van der Waals surface area contributed by atoms with Crippen molar-refractivity contribution in [3.05, 3.63) is 60.6 Å². The van der Waals surface area contributed by atoms with Crippen LogP contribution >= 0.6 is 0 Å². The van der Waals surface area contributed by atoms with E-state index in [1.165, 1.54) is 0 Å². The van der Waals surface area contributed by atoms with Gasteiger partial charge >= 0.3 is 0 Å². The quantitative estimate of drug-likeness (QED) is 0.754. The van der Waals surface area contributed by atoms with Crippen molar-refractivity contribution >= 4 is 22.3 Å². The number of anilines is 2. The minimum atomic E-state index is 0.571. The first-order valence-electron chi connectivity index (χ1n) is 5.83. The lowest BCUT2D eigenvalue weighted by atomic mass is 10.2. The minimum Gasteiger partial charge on any atom is -0.353 e. The molecule has 0 spiro atoms. The van der Waals surface area contributed by atoms with Gasteiger partial charge in [0.15, 0.2) is 0 Å². The molecule has 3 aromatic rings. The zero-order valence-electron chi connectivity index (χ0n) is 10.0. The van der Waals surface area contributed by atoms with Crippen LogP contribution in [0.5, 0.6) is 0 Å². The molecule has 1 N–H and O–H groups in total. The van der Waals surface area contributed by atoms with Crippen LogP contribution in [0.3, 0.4) is 0 Å². The molecular formula is C15H10N4. The zero-order valence-corrected chi connectivity index (χ0v) is 10.0. The number of nitriles is 1. The topological polar surface area (TPSA) is 61.6 Å². The van der Waals surface area contributed by atoms with Crippen LogP contribution in [0.25, 0.3) is 10.9 Å². The Morgan fingerprint density at radius 1 is 1.11 bits per heavy atom. The molecule has 1 aromatic carbocycles. The van der Waals surface area contributed by atoms with E-state index in [0.717, 1.165) is 16.6 Å². The third-order valence-electron chi connectivity index (χ3n) is 2.82. The predicted octanol–water partition coefficient (Wildman–Crippen LogP) is 3.25. The average molecular weight is 246 g/mol. The van der Waals surface area contributed by atoms with Crippen molar-refractivity contribution in [2.45, 2.75) is 0 Å². The summed E-state index contributed by atoms with van der Waals surface area (Å²) in [6.45, 7) is 0. The third-order valence-corrected chi connectivity index (χ3v) is 2.82. The van der Waals surface area contributed by atoms with Gasteiger partial charge in [-0.15, -0.1) is 0 Å². The number of nitrogens with zero attached hydrogens (tertiary/aromatic N) is 3. The summed E-state index contributed by atoms with van der Waals surface area (Å²) in [7, 11) is 0. The second kappa shape index (κ2) is 4.75. The Morgan fingerprint density at radius 3 is 2.95 bits per heavy atom. The molecule has 0 amide bonds. The van der Waals surface area contributed by atoms with E-state index >= 15 is 0 Å². The summed E-state index contributed by atoms with van der Waals surface area (Å²) < 4.78 is 0. The van der Waals surface area contributed by atoms with Crippen molar-refractivity contribution in [1.29, 1.82) is 5.26 Å². The Kier molecular flexibility index (Phi) is 2.79. The number of benzene rings is 1. The molecule has 0 bridgehead atoms. The molecule has 2 aromatic heterocycles. The van der Waals surface area contributed by atoms with Crippen LogP contribution in [0, 0.1) is 11.3 Å². The molecule has 2 heterocycles. The Hall–Kier alpha value is -2.93. The number of nitrogens with one attached hydrogen (secondary N) is 1. The monoisotopic (exact) mass is 246 g/mol. The maximum absolute atomic E-state index is 9.04. The number of pyridine rings is 2. The summed E-state index contributed by atoms with van der Waals surface area (Å²) in [6.07, 6.45) is 5.02. The number of rotatable bonds is 2. The molecule has 0 atom stereocenters. The number of hydrogen-bond acceptors (Lipinski definition) is 4. The van der Waals surface area contributed by atoms with Crippen molar-refractivity contribution in [2.24, 2.45) is 0 Å². The average Bonchev–Trinajstić information content (AvgIpc) is 2.48. The highest BCUT2D eigenvalue weighted by Crippen LogP contribution is 2.22. The molecule has 0 saturated carbocycles. The SMILES string of the molecule is N#Cc1ccncc1Nc1ccc2ncccc2c1. The molecular weight excluding hydrogens is 236 g/mol. The van der Waals surface area contributed by atoms with E-state index in [4.69, 9.17) is 5.26 Å². The number of aromatic nitrogens is 2. The summed E-state index contributed by atoms with van der Waals surface area (Å²) in [5.41, 5.74) is 3.12. The molecule has 0 aliphatic heterocycles. The molecule has 90 valence electrons. The number of hydrogen-bond donors (Lipinski definition) is 1. The summed E-state index contributed by atoms with van der Waals surface area (Å²) >= 11 is 0. The van der Waals surface area contributed by atoms with E-state index < -0.39 is 0 Å². The van der Waals surface area contributed by atoms with Gasteiger partial charge in [-0.2, -0.15) is 5.26 Å². The molecule has 0 aliphatic carbocycles. The molecule has 19 heavy (non-hydrogen) atoms. The smallest absolute Gasteiger partial charge is 0.101 e. The minimum absolute atomic E-state index is 0.571. The van der Waals surface area contributed by atoms with Crippen molar-refractivity contribution in [1.82, 2.24) is 9.97 Å². The van der Waals surface area contributed by atoms with Crippen LogP contribution < -0.4 is 5.32 Å². The van der Waals surface area contributed by atoms with Crippen LogP contribution in [0.2, 0.25) is 0 Å². The molecule has 4 nitrogen and oxygen atoms in total. The van der Waals surface area contributed by atoms with E-state index in [9.17, 15) is 0 Å². The first-order valence-corrected chi connectivity index (χ1v) is 5.83. The van der Waals surface area contributed by atoms with Gasteiger partial charge in [-0.05, 0) is 30.3 Å². The van der Waals surface area contributed by atoms with Gasteiger partial charge in [0.05, 0.1) is 23.0 Å². The van der Waals surface area contributed by atoms with Crippen molar-refractivity contribution in [3.63, 3.8) is 0 Å². The molecule has 4 heteroatoms. The highest BCUT2D eigenvalue weighted by molar-refractivity contribution is 5.83. The first-order chi connectivity index (χ1) is 9.36. The molecule has 0 fully saturated rings. The standard InChI is InChI=1S/C15H10N4/c16-9-12-5-7-17-10-15(12)19-13-3-4-14-11(8-13)2-1-6-18-14/h1-8,10,19H. The van der Waals surface area contributed by atoms with E-state index in [2.05, 4.69) is 21.4 Å². The first kappa shape index (κ1) is 11.2. The van der Waals surface area contributed by atoms with E-state index in [1.54, 1.807) is 24.7 Å². The van der Waals surface area contributed by atoms with Crippen molar-refractivity contribution in [2.75, 3.05) is 5.32 Å². The van der Waals surface area contributed by atoms with Gasteiger partial charge in [-0.25, -0.2) is 0 Å². The van der Waals surface area contributed by atoms with Crippen molar-refractivity contribution < 1.29 is 0 Å².